The van der Waals surface area contributed by atoms with Crippen LogP contribution in [0.2, 0.25) is 0 Å². The number of nitro groups is 1. The maximum Gasteiger partial charge on any atom is 0.311 e. The predicted molar refractivity (Wildman–Crippen MR) is 83.7 cm³/mol. The molecule has 0 bridgehead atoms. The molecule has 5 nitrogen and oxygen atoms in total. The molecule has 0 unspecified atom stereocenters. The fourth-order valence-electron chi connectivity index (χ4n) is 2.21. The van der Waals surface area contributed by atoms with Crippen LogP contribution in [-0.2, 0) is 0 Å². The van der Waals surface area contributed by atoms with Crippen LogP contribution in [0.3, 0.4) is 0 Å². The molecule has 0 N–H and O–H groups in total. The molecule has 3 aromatic carbocycles. The second-order valence-electron chi connectivity index (χ2n) is 4.70. The highest BCUT2D eigenvalue weighted by Crippen LogP contribution is 2.32. The van der Waals surface area contributed by atoms with Crippen LogP contribution in [0.5, 0.6) is 17.2 Å². The molecule has 5 heteroatoms. The third-order valence-corrected chi connectivity index (χ3v) is 3.31. The molecule has 0 aliphatic carbocycles. The number of rotatable bonds is 4. The van der Waals surface area contributed by atoms with Gasteiger partial charge in [0, 0.05) is 6.07 Å². The Labute approximate surface area is 126 Å². The predicted octanol–water partition coefficient (Wildman–Crippen LogP) is 4.55. The fraction of sp³-hybridized carbons (Fsp3) is 0.0588. The first kappa shape index (κ1) is 13.9. The highest BCUT2D eigenvalue weighted by atomic mass is 16.6. The first-order valence-electron chi connectivity index (χ1n) is 6.66. The molecule has 0 spiro atoms. The molecule has 0 amide bonds. The summed E-state index contributed by atoms with van der Waals surface area (Å²) in [6.07, 6.45) is 0. The highest BCUT2D eigenvalue weighted by Gasteiger charge is 2.14. The van der Waals surface area contributed by atoms with Crippen LogP contribution in [0.15, 0.2) is 60.7 Å². The average Bonchev–Trinajstić information content (AvgIpc) is 2.54. The molecule has 0 saturated carbocycles. The van der Waals surface area contributed by atoms with Crippen molar-refractivity contribution in [3.63, 3.8) is 0 Å². The number of ether oxygens (including phenoxy) is 2. The molecular weight excluding hydrogens is 282 g/mol. The maximum atomic E-state index is 11.0. The molecule has 0 heterocycles. The van der Waals surface area contributed by atoms with Gasteiger partial charge in [0.15, 0.2) is 0 Å². The Hall–Kier alpha value is -3.08. The van der Waals surface area contributed by atoms with E-state index in [2.05, 4.69) is 0 Å². The monoisotopic (exact) mass is 295 g/mol. The van der Waals surface area contributed by atoms with Crippen molar-refractivity contribution in [3.8, 4) is 17.2 Å². The fourth-order valence-corrected chi connectivity index (χ4v) is 2.21. The summed E-state index contributed by atoms with van der Waals surface area (Å²) in [5.41, 5.74) is -0.0618. The summed E-state index contributed by atoms with van der Waals surface area (Å²) < 4.78 is 10.9. The van der Waals surface area contributed by atoms with Gasteiger partial charge in [-0.3, -0.25) is 10.1 Å². The van der Waals surface area contributed by atoms with Gasteiger partial charge in [-0.15, -0.1) is 0 Å². The topological polar surface area (TPSA) is 61.6 Å². The van der Waals surface area contributed by atoms with Gasteiger partial charge < -0.3 is 9.47 Å². The Kier molecular flexibility index (Phi) is 3.62. The van der Waals surface area contributed by atoms with Crippen molar-refractivity contribution in [2.75, 3.05) is 7.11 Å². The van der Waals surface area contributed by atoms with Crippen molar-refractivity contribution in [3.05, 3.63) is 70.8 Å². The zero-order valence-corrected chi connectivity index (χ0v) is 11.9. The maximum absolute atomic E-state index is 11.0. The Morgan fingerprint density at radius 2 is 1.59 bits per heavy atom. The molecule has 3 rings (SSSR count). The van der Waals surface area contributed by atoms with Crippen LogP contribution >= 0.6 is 0 Å². The minimum Gasteiger partial charge on any atom is -0.497 e. The van der Waals surface area contributed by atoms with Gasteiger partial charge in [-0.1, -0.05) is 24.3 Å². The van der Waals surface area contributed by atoms with E-state index in [1.807, 2.05) is 30.3 Å². The van der Waals surface area contributed by atoms with E-state index in [1.54, 1.807) is 31.4 Å². The molecular formula is C17H13NO4. The smallest absolute Gasteiger partial charge is 0.311 e. The summed E-state index contributed by atoms with van der Waals surface area (Å²) in [6.45, 7) is 0. The first-order valence-corrected chi connectivity index (χ1v) is 6.66. The molecule has 0 aromatic heterocycles. The summed E-state index contributed by atoms with van der Waals surface area (Å²) in [5, 5.41) is 13.0. The summed E-state index contributed by atoms with van der Waals surface area (Å²) >= 11 is 0. The Balaban J connectivity index is 1.99. The zero-order chi connectivity index (χ0) is 15.5. The lowest BCUT2D eigenvalue weighted by molar-refractivity contribution is -0.385. The summed E-state index contributed by atoms with van der Waals surface area (Å²) in [7, 11) is 1.61. The van der Waals surface area contributed by atoms with Gasteiger partial charge in [0.1, 0.15) is 11.5 Å². The molecule has 0 aliphatic rings. The van der Waals surface area contributed by atoms with Crippen molar-refractivity contribution in [1.82, 2.24) is 0 Å². The zero-order valence-electron chi connectivity index (χ0n) is 11.9. The van der Waals surface area contributed by atoms with Crippen LogP contribution in [-0.4, -0.2) is 12.0 Å². The normalized spacial score (nSPS) is 10.4. The van der Waals surface area contributed by atoms with E-state index in [9.17, 15) is 10.1 Å². The molecule has 0 aliphatic heterocycles. The summed E-state index contributed by atoms with van der Waals surface area (Å²) in [5.74, 6) is 1.50. The lowest BCUT2D eigenvalue weighted by Gasteiger charge is -2.08. The van der Waals surface area contributed by atoms with Gasteiger partial charge >= 0.3 is 5.69 Å². The molecule has 0 radical (unpaired) electrons. The van der Waals surface area contributed by atoms with E-state index in [0.29, 0.717) is 5.75 Å². The summed E-state index contributed by atoms with van der Waals surface area (Å²) in [6, 6.07) is 17.5. The van der Waals surface area contributed by atoms with Crippen molar-refractivity contribution < 1.29 is 14.4 Å². The molecule has 0 fully saturated rings. The number of hydrogen-bond acceptors (Lipinski definition) is 4. The minimum absolute atomic E-state index is 0.0618. The van der Waals surface area contributed by atoms with E-state index in [4.69, 9.17) is 9.47 Å². The second kappa shape index (κ2) is 5.73. The number of hydrogen-bond donors (Lipinski definition) is 0. The quantitative estimate of drug-likeness (QED) is 0.523. The summed E-state index contributed by atoms with van der Waals surface area (Å²) in [4.78, 5) is 10.6. The molecule has 110 valence electrons. The number of fused-ring (bicyclic) bond motifs is 1. The van der Waals surface area contributed by atoms with Gasteiger partial charge in [0.2, 0.25) is 5.75 Å². The third kappa shape index (κ3) is 2.69. The lowest BCUT2D eigenvalue weighted by Crippen LogP contribution is -1.93. The van der Waals surface area contributed by atoms with E-state index >= 15 is 0 Å². The van der Waals surface area contributed by atoms with Gasteiger partial charge in [0.25, 0.3) is 0 Å². The Morgan fingerprint density at radius 1 is 0.909 bits per heavy atom. The van der Waals surface area contributed by atoms with Gasteiger partial charge in [-0.2, -0.15) is 0 Å². The van der Waals surface area contributed by atoms with Crippen LogP contribution < -0.4 is 9.47 Å². The van der Waals surface area contributed by atoms with E-state index in [0.717, 1.165) is 16.5 Å². The van der Waals surface area contributed by atoms with E-state index in [-0.39, 0.29) is 11.4 Å². The largest absolute Gasteiger partial charge is 0.497 e. The van der Waals surface area contributed by atoms with Gasteiger partial charge in [-0.05, 0) is 41.1 Å². The lowest BCUT2D eigenvalue weighted by atomic mass is 10.1. The van der Waals surface area contributed by atoms with Crippen molar-refractivity contribution in [2.45, 2.75) is 0 Å². The molecule has 3 aromatic rings. The van der Waals surface area contributed by atoms with Crippen LogP contribution in [0, 0.1) is 10.1 Å². The Morgan fingerprint density at radius 3 is 2.32 bits per heavy atom. The van der Waals surface area contributed by atoms with Crippen molar-refractivity contribution in [2.24, 2.45) is 0 Å². The van der Waals surface area contributed by atoms with Crippen molar-refractivity contribution >= 4 is 16.5 Å². The Bertz CT molecular complexity index is 845. The van der Waals surface area contributed by atoms with Gasteiger partial charge in [0.05, 0.1) is 12.0 Å². The second-order valence-corrected chi connectivity index (χ2v) is 4.70. The van der Waals surface area contributed by atoms with Crippen molar-refractivity contribution in [1.29, 1.82) is 0 Å². The third-order valence-electron chi connectivity index (χ3n) is 3.31. The van der Waals surface area contributed by atoms with Gasteiger partial charge in [-0.25, -0.2) is 0 Å². The SMILES string of the molecule is COc1ccc2ccc(Oc3ccccc3[N+](=O)[O-])cc2c1. The van der Waals surface area contributed by atoms with Crippen LogP contribution in [0.1, 0.15) is 0 Å². The van der Waals surface area contributed by atoms with Crippen LogP contribution in [0.4, 0.5) is 5.69 Å². The number of benzene rings is 3. The molecule has 0 saturated heterocycles. The van der Waals surface area contributed by atoms with Crippen LogP contribution in [0.25, 0.3) is 10.8 Å². The number of nitrogens with zero attached hydrogens (tertiary/aromatic N) is 1. The highest BCUT2D eigenvalue weighted by molar-refractivity contribution is 5.85. The number of nitro benzene ring substituents is 1. The van der Waals surface area contributed by atoms with E-state index in [1.165, 1.54) is 6.07 Å². The standard InChI is InChI=1S/C17H13NO4/c1-21-14-8-6-12-7-9-15(11-13(12)10-14)22-17-5-3-2-4-16(17)18(19)20/h2-11H,1H3. The molecule has 22 heavy (non-hydrogen) atoms. The first-order chi connectivity index (χ1) is 10.7. The molecule has 0 atom stereocenters. The average molecular weight is 295 g/mol. The van der Waals surface area contributed by atoms with E-state index < -0.39 is 4.92 Å². The minimum atomic E-state index is -0.459. The number of methoxy groups -OCH3 is 1. The number of para-hydroxylation sites is 2.